The molecule has 0 unspecified atom stereocenters. The first kappa shape index (κ1) is 10.6. The van der Waals surface area contributed by atoms with Crippen LogP contribution in [0.15, 0.2) is 42.5 Å². The van der Waals surface area contributed by atoms with E-state index in [0.29, 0.717) is 15.0 Å². The maximum atomic E-state index is 2.32. The summed E-state index contributed by atoms with van der Waals surface area (Å²) in [6.45, 7) is 2.21. The van der Waals surface area contributed by atoms with Crippen LogP contribution in [0.25, 0.3) is 0 Å². The van der Waals surface area contributed by atoms with Gasteiger partial charge in [-0.1, -0.05) is 0 Å². The number of unbranched alkanes of at least 4 members (excludes halogenated alkanes) is 1. The second kappa shape index (κ2) is 6.94. The van der Waals surface area contributed by atoms with Crippen molar-refractivity contribution in [2.75, 3.05) is 0 Å². The Labute approximate surface area is 87.2 Å². The SMILES string of the molecule is CCC/C=C\C[Se]c1ccccc1. The zero-order valence-corrected chi connectivity index (χ0v) is 9.78. The average Bonchev–Trinajstić information content (AvgIpc) is 2.19. The van der Waals surface area contributed by atoms with Gasteiger partial charge in [-0.3, -0.25) is 0 Å². The van der Waals surface area contributed by atoms with Crippen molar-refractivity contribution < 1.29 is 0 Å². The van der Waals surface area contributed by atoms with Crippen molar-refractivity contribution in [1.29, 1.82) is 0 Å². The van der Waals surface area contributed by atoms with E-state index in [0.717, 1.165) is 0 Å². The molecule has 0 aliphatic carbocycles. The molecule has 0 heterocycles. The molecular formula is C12H16Se. The van der Waals surface area contributed by atoms with Crippen LogP contribution in [0.3, 0.4) is 0 Å². The molecular weight excluding hydrogens is 223 g/mol. The van der Waals surface area contributed by atoms with Crippen molar-refractivity contribution in [1.82, 2.24) is 0 Å². The summed E-state index contributed by atoms with van der Waals surface area (Å²) in [5.41, 5.74) is 0. The Morgan fingerprint density at radius 2 is 1.92 bits per heavy atom. The van der Waals surface area contributed by atoms with E-state index in [2.05, 4.69) is 49.4 Å². The molecule has 1 aromatic rings. The van der Waals surface area contributed by atoms with Gasteiger partial charge in [-0.15, -0.1) is 0 Å². The Morgan fingerprint density at radius 1 is 1.15 bits per heavy atom. The molecule has 0 bridgehead atoms. The molecule has 0 N–H and O–H groups in total. The van der Waals surface area contributed by atoms with Gasteiger partial charge in [0.25, 0.3) is 0 Å². The number of rotatable bonds is 5. The first-order valence-electron chi connectivity index (χ1n) is 4.76. The van der Waals surface area contributed by atoms with Crippen LogP contribution >= 0.6 is 0 Å². The maximum absolute atomic E-state index is 2.32. The number of allylic oxidation sites excluding steroid dienone is 2. The first-order valence-corrected chi connectivity index (χ1v) is 6.83. The molecule has 13 heavy (non-hydrogen) atoms. The first-order chi connectivity index (χ1) is 6.43. The van der Waals surface area contributed by atoms with E-state index in [1.807, 2.05) is 0 Å². The van der Waals surface area contributed by atoms with Gasteiger partial charge >= 0.3 is 87.0 Å². The third-order valence-corrected chi connectivity index (χ3v) is 3.74. The Morgan fingerprint density at radius 3 is 2.62 bits per heavy atom. The molecule has 0 radical (unpaired) electrons. The Bertz CT molecular complexity index is 239. The summed E-state index contributed by atoms with van der Waals surface area (Å²) < 4.78 is 1.50. The fraction of sp³-hybridized carbons (Fsp3) is 0.333. The van der Waals surface area contributed by atoms with Crippen LogP contribution in [0, 0.1) is 0 Å². The zero-order valence-electron chi connectivity index (χ0n) is 8.07. The molecule has 1 rings (SSSR count). The van der Waals surface area contributed by atoms with E-state index in [1.54, 1.807) is 0 Å². The van der Waals surface area contributed by atoms with Gasteiger partial charge in [0.2, 0.25) is 0 Å². The van der Waals surface area contributed by atoms with Crippen molar-refractivity contribution in [3.05, 3.63) is 42.5 Å². The summed E-state index contributed by atoms with van der Waals surface area (Å²) in [6, 6.07) is 10.7. The van der Waals surface area contributed by atoms with Crippen LogP contribution in [0.1, 0.15) is 19.8 Å². The molecule has 70 valence electrons. The van der Waals surface area contributed by atoms with Crippen molar-refractivity contribution in [3.8, 4) is 0 Å². The van der Waals surface area contributed by atoms with Crippen molar-refractivity contribution in [2.45, 2.75) is 25.1 Å². The average molecular weight is 239 g/mol. The van der Waals surface area contributed by atoms with Gasteiger partial charge in [0.05, 0.1) is 0 Å². The van der Waals surface area contributed by atoms with Gasteiger partial charge in [0.15, 0.2) is 0 Å². The molecule has 1 heteroatoms. The Kier molecular flexibility index (Phi) is 5.64. The molecule has 0 saturated heterocycles. The van der Waals surface area contributed by atoms with E-state index in [-0.39, 0.29) is 0 Å². The molecule has 0 aliphatic rings. The number of benzene rings is 1. The zero-order chi connectivity index (χ0) is 9.36. The third-order valence-electron chi connectivity index (χ3n) is 1.71. The molecule has 0 spiro atoms. The third kappa shape index (κ3) is 4.92. The van der Waals surface area contributed by atoms with E-state index < -0.39 is 0 Å². The summed E-state index contributed by atoms with van der Waals surface area (Å²) in [4.78, 5) is 0. The minimum atomic E-state index is 0.630. The predicted octanol–water partition coefficient (Wildman–Crippen LogP) is 2.79. The van der Waals surface area contributed by atoms with Gasteiger partial charge in [-0.2, -0.15) is 0 Å². The van der Waals surface area contributed by atoms with E-state index in [4.69, 9.17) is 0 Å². The molecule has 0 atom stereocenters. The van der Waals surface area contributed by atoms with Crippen LogP contribution in [0.5, 0.6) is 0 Å². The summed E-state index contributed by atoms with van der Waals surface area (Å²) in [5, 5.41) is 1.23. The summed E-state index contributed by atoms with van der Waals surface area (Å²) in [6.07, 6.45) is 7.10. The predicted molar refractivity (Wildman–Crippen MR) is 60.7 cm³/mol. The molecule has 0 aromatic heterocycles. The van der Waals surface area contributed by atoms with Gasteiger partial charge < -0.3 is 0 Å². The Hall–Kier alpha value is -0.521. The van der Waals surface area contributed by atoms with E-state index >= 15 is 0 Å². The van der Waals surface area contributed by atoms with Crippen LogP contribution in [0.4, 0.5) is 0 Å². The number of hydrogen-bond donors (Lipinski definition) is 0. The van der Waals surface area contributed by atoms with Crippen LogP contribution < -0.4 is 4.46 Å². The van der Waals surface area contributed by atoms with Crippen LogP contribution in [-0.4, -0.2) is 15.0 Å². The van der Waals surface area contributed by atoms with E-state index in [9.17, 15) is 0 Å². The molecule has 0 nitrogen and oxygen atoms in total. The van der Waals surface area contributed by atoms with Gasteiger partial charge in [-0.05, 0) is 0 Å². The van der Waals surface area contributed by atoms with Crippen molar-refractivity contribution in [2.24, 2.45) is 0 Å². The van der Waals surface area contributed by atoms with Crippen LogP contribution in [0.2, 0.25) is 5.32 Å². The van der Waals surface area contributed by atoms with Gasteiger partial charge in [0, 0.05) is 0 Å². The fourth-order valence-electron chi connectivity index (χ4n) is 1.01. The number of hydrogen-bond acceptors (Lipinski definition) is 0. The van der Waals surface area contributed by atoms with Crippen LogP contribution in [-0.2, 0) is 0 Å². The summed E-state index contributed by atoms with van der Waals surface area (Å²) in [5.74, 6) is 0. The monoisotopic (exact) mass is 240 g/mol. The Balaban J connectivity index is 2.20. The summed E-state index contributed by atoms with van der Waals surface area (Å²) >= 11 is 0.630. The molecule has 0 amide bonds. The molecule has 1 aromatic carbocycles. The summed E-state index contributed by atoms with van der Waals surface area (Å²) in [7, 11) is 0. The van der Waals surface area contributed by atoms with Crippen molar-refractivity contribution >= 4 is 19.4 Å². The molecule has 0 fully saturated rings. The second-order valence-electron chi connectivity index (χ2n) is 2.88. The standard InChI is InChI=1S/C12H16Se/c1-2-3-4-8-11-13-12-9-6-5-7-10-12/h4-10H,2-3,11H2,1H3/b8-4-. The fourth-order valence-corrected chi connectivity index (χ4v) is 2.64. The van der Waals surface area contributed by atoms with Gasteiger partial charge in [0.1, 0.15) is 0 Å². The molecule has 0 saturated carbocycles. The normalized spacial score (nSPS) is 10.8. The topological polar surface area (TPSA) is 0 Å². The van der Waals surface area contributed by atoms with Gasteiger partial charge in [-0.25, -0.2) is 0 Å². The van der Waals surface area contributed by atoms with E-state index in [1.165, 1.54) is 22.6 Å². The minimum absolute atomic E-state index is 0.630. The van der Waals surface area contributed by atoms with Crippen molar-refractivity contribution in [3.63, 3.8) is 0 Å². The second-order valence-corrected chi connectivity index (χ2v) is 5.18. The molecule has 0 aliphatic heterocycles. The quantitative estimate of drug-likeness (QED) is 0.547.